The molecule has 0 spiro atoms. The van der Waals surface area contributed by atoms with Gasteiger partial charge in [-0.15, -0.1) is 0 Å². The number of carbonyl (C=O) groups excluding carboxylic acids is 1. The molecule has 0 saturated carbocycles. The van der Waals surface area contributed by atoms with Crippen LogP contribution in [0.3, 0.4) is 0 Å². The predicted molar refractivity (Wildman–Crippen MR) is 74.2 cm³/mol. The average molecular weight is 264 g/mol. The van der Waals surface area contributed by atoms with E-state index in [9.17, 15) is 9.59 Å². The number of hydrogen-bond donors (Lipinski definition) is 3. The Morgan fingerprint density at radius 2 is 2.00 bits per heavy atom. The summed E-state index contributed by atoms with van der Waals surface area (Å²) in [6, 6.07) is 4.01. The highest BCUT2D eigenvalue weighted by atomic mass is 16.4. The smallest absolute Gasteiger partial charge is 0.335 e. The van der Waals surface area contributed by atoms with Gasteiger partial charge in [-0.3, -0.25) is 4.79 Å². The molecule has 0 aliphatic carbocycles. The van der Waals surface area contributed by atoms with Gasteiger partial charge in [0.15, 0.2) is 0 Å². The summed E-state index contributed by atoms with van der Waals surface area (Å²) in [5.74, 6) is -0.992. The van der Waals surface area contributed by atoms with E-state index < -0.39 is 12.0 Å². The van der Waals surface area contributed by atoms with Crippen LogP contribution in [0.4, 0.5) is 5.69 Å². The van der Waals surface area contributed by atoms with Gasteiger partial charge in [-0.1, -0.05) is 19.9 Å². The number of aryl methyl sites for hydroxylation is 1. The molecular weight excluding hydrogens is 244 g/mol. The molecular formula is C14H20N2O3. The zero-order chi connectivity index (χ0) is 14.6. The highest BCUT2D eigenvalue weighted by Gasteiger charge is 2.16. The Morgan fingerprint density at radius 3 is 2.53 bits per heavy atom. The summed E-state index contributed by atoms with van der Waals surface area (Å²) in [6.45, 7) is 5.78. The van der Waals surface area contributed by atoms with Crippen LogP contribution in [0, 0.1) is 12.8 Å². The molecule has 1 amide bonds. The lowest BCUT2D eigenvalue weighted by Gasteiger charge is -2.15. The second kappa shape index (κ2) is 6.33. The van der Waals surface area contributed by atoms with Crippen LogP contribution in [-0.4, -0.2) is 23.0 Å². The van der Waals surface area contributed by atoms with Gasteiger partial charge >= 0.3 is 5.97 Å². The first-order valence-corrected chi connectivity index (χ1v) is 6.21. The maximum Gasteiger partial charge on any atom is 0.335 e. The summed E-state index contributed by atoms with van der Waals surface area (Å²) in [4.78, 5) is 22.8. The van der Waals surface area contributed by atoms with E-state index >= 15 is 0 Å². The molecule has 1 aromatic rings. The fraction of sp³-hybridized carbons (Fsp3) is 0.429. The first-order chi connectivity index (χ1) is 8.81. The number of benzene rings is 1. The van der Waals surface area contributed by atoms with E-state index in [2.05, 4.69) is 5.32 Å². The van der Waals surface area contributed by atoms with E-state index in [0.717, 1.165) is 5.56 Å². The SMILES string of the molecule is Cc1ccc(C(=O)O)cc1NC(=O)[C@H](N)CC(C)C. The monoisotopic (exact) mass is 264 g/mol. The Hall–Kier alpha value is -1.88. The van der Waals surface area contributed by atoms with E-state index in [1.54, 1.807) is 13.0 Å². The minimum Gasteiger partial charge on any atom is -0.478 e. The lowest BCUT2D eigenvalue weighted by Crippen LogP contribution is -2.36. The third kappa shape index (κ3) is 4.37. The van der Waals surface area contributed by atoms with Crippen LogP contribution in [0.2, 0.25) is 0 Å². The minimum absolute atomic E-state index is 0.137. The van der Waals surface area contributed by atoms with Crippen molar-refractivity contribution >= 4 is 17.6 Å². The largest absolute Gasteiger partial charge is 0.478 e. The molecule has 1 rings (SSSR count). The average Bonchev–Trinajstić information content (AvgIpc) is 2.30. The van der Waals surface area contributed by atoms with E-state index in [4.69, 9.17) is 10.8 Å². The molecule has 0 saturated heterocycles. The highest BCUT2D eigenvalue weighted by Crippen LogP contribution is 2.17. The zero-order valence-electron chi connectivity index (χ0n) is 11.4. The van der Waals surface area contributed by atoms with Crippen molar-refractivity contribution < 1.29 is 14.7 Å². The number of carboxylic acids is 1. The van der Waals surface area contributed by atoms with Crippen molar-refractivity contribution in [3.63, 3.8) is 0 Å². The molecule has 5 nitrogen and oxygen atoms in total. The van der Waals surface area contributed by atoms with Crippen molar-refractivity contribution in [1.82, 2.24) is 0 Å². The molecule has 5 heteroatoms. The number of nitrogens with one attached hydrogen (secondary N) is 1. The minimum atomic E-state index is -1.03. The first kappa shape index (κ1) is 15.2. The van der Waals surface area contributed by atoms with E-state index in [1.807, 2.05) is 13.8 Å². The lowest BCUT2D eigenvalue weighted by molar-refractivity contribution is -0.117. The third-order valence-electron chi connectivity index (χ3n) is 2.80. The van der Waals surface area contributed by atoms with Gasteiger partial charge in [0.2, 0.25) is 5.91 Å². The van der Waals surface area contributed by atoms with Crippen molar-refractivity contribution in [2.45, 2.75) is 33.2 Å². The first-order valence-electron chi connectivity index (χ1n) is 6.21. The summed E-state index contributed by atoms with van der Waals surface area (Å²) >= 11 is 0. The molecule has 0 aliphatic rings. The van der Waals surface area contributed by atoms with Crippen LogP contribution in [-0.2, 0) is 4.79 Å². The molecule has 0 unspecified atom stereocenters. The van der Waals surface area contributed by atoms with Crippen molar-refractivity contribution in [3.05, 3.63) is 29.3 Å². The molecule has 0 aliphatic heterocycles. The topological polar surface area (TPSA) is 92.4 Å². The molecule has 0 fully saturated rings. The number of carboxylic acid groups (broad SMARTS) is 1. The number of carbonyl (C=O) groups is 2. The Morgan fingerprint density at radius 1 is 1.37 bits per heavy atom. The van der Waals surface area contributed by atoms with Gasteiger partial charge in [0.1, 0.15) is 0 Å². The molecule has 4 N–H and O–H groups in total. The maximum atomic E-state index is 11.9. The molecule has 0 heterocycles. The van der Waals surface area contributed by atoms with Crippen LogP contribution >= 0.6 is 0 Å². The van der Waals surface area contributed by atoms with Crippen molar-refractivity contribution in [1.29, 1.82) is 0 Å². The normalized spacial score (nSPS) is 12.3. The maximum absolute atomic E-state index is 11.9. The molecule has 1 atom stereocenters. The Bertz CT molecular complexity index is 484. The number of anilines is 1. The highest BCUT2D eigenvalue weighted by molar-refractivity contribution is 5.97. The molecule has 0 bridgehead atoms. The van der Waals surface area contributed by atoms with Crippen LogP contribution in [0.25, 0.3) is 0 Å². The van der Waals surface area contributed by atoms with Crippen molar-refractivity contribution in [2.75, 3.05) is 5.32 Å². The number of nitrogens with two attached hydrogens (primary N) is 1. The summed E-state index contributed by atoms with van der Waals surface area (Å²) < 4.78 is 0. The Labute approximate surface area is 112 Å². The van der Waals surface area contributed by atoms with E-state index in [-0.39, 0.29) is 11.5 Å². The molecule has 104 valence electrons. The fourth-order valence-electron chi connectivity index (χ4n) is 1.73. The van der Waals surface area contributed by atoms with Crippen LogP contribution in [0.1, 0.15) is 36.2 Å². The summed E-state index contributed by atoms with van der Waals surface area (Å²) in [5, 5.41) is 11.6. The summed E-state index contributed by atoms with van der Waals surface area (Å²) in [5.41, 5.74) is 7.21. The summed E-state index contributed by atoms with van der Waals surface area (Å²) in [6.07, 6.45) is 0.587. The zero-order valence-corrected chi connectivity index (χ0v) is 11.4. The Kier molecular flexibility index (Phi) is 5.06. The van der Waals surface area contributed by atoms with Crippen LogP contribution in [0.5, 0.6) is 0 Å². The number of aromatic carboxylic acids is 1. The number of hydrogen-bond acceptors (Lipinski definition) is 3. The Balaban J connectivity index is 2.84. The second-order valence-electron chi connectivity index (χ2n) is 5.06. The van der Waals surface area contributed by atoms with Crippen LogP contribution < -0.4 is 11.1 Å². The summed E-state index contributed by atoms with van der Waals surface area (Å²) in [7, 11) is 0. The predicted octanol–water partition coefficient (Wildman–Crippen LogP) is 2.01. The standard InChI is InChI=1S/C14H20N2O3/c1-8(2)6-11(15)13(17)16-12-7-10(14(18)19)5-4-9(12)3/h4-5,7-8,11H,6,15H2,1-3H3,(H,16,17)(H,18,19)/t11-/m1/s1. The van der Waals surface area contributed by atoms with Gasteiger partial charge in [0.25, 0.3) is 0 Å². The van der Waals surface area contributed by atoms with E-state index in [1.165, 1.54) is 12.1 Å². The van der Waals surface area contributed by atoms with Crippen LogP contribution in [0.15, 0.2) is 18.2 Å². The van der Waals surface area contributed by atoms with Gasteiger partial charge in [0.05, 0.1) is 11.6 Å². The van der Waals surface area contributed by atoms with Gasteiger partial charge in [-0.2, -0.15) is 0 Å². The molecule has 1 aromatic carbocycles. The fourth-order valence-corrected chi connectivity index (χ4v) is 1.73. The lowest BCUT2D eigenvalue weighted by atomic mass is 10.0. The number of amides is 1. The molecule has 0 aromatic heterocycles. The van der Waals surface area contributed by atoms with Gasteiger partial charge in [-0.05, 0) is 37.0 Å². The molecule has 19 heavy (non-hydrogen) atoms. The van der Waals surface area contributed by atoms with Crippen molar-refractivity contribution in [2.24, 2.45) is 11.7 Å². The van der Waals surface area contributed by atoms with Crippen molar-refractivity contribution in [3.8, 4) is 0 Å². The van der Waals surface area contributed by atoms with E-state index in [0.29, 0.717) is 18.0 Å². The third-order valence-corrected chi connectivity index (χ3v) is 2.80. The number of rotatable bonds is 5. The second-order valence-corrected chi connectivity index (χ2v) is 5.06. The van der Waals surface area contributed by atoms with Gasteiger partial charge in [-0.25, -0.2) is 4.79 Å². The van der Waals surface area contributed by atoms with Gasteiger partial charge < -0.3 is 16.2 Å². The molecule has 0 radical (unpaired) electrons. The van der Waals surface area contributed by atoms with Gasteiger partial charge in [0, 0.05) is 5.69 Å². The quantitative estimate of drug-likeness (QED) is 0.758.